The monoisotopic (exact) mass is 246 g/mol. The van der Waals surface area contributed by atoms with Gasteiger partial charge in [0.25, 0.3) is 0 Å². The maximum Gasteiger partial charge on any atom is 0.169 e. The van der Waals surface area contributed by atoms with E-state index in [0.29, 0.717) is 17.4 Å². The molecule has 0 radical (unpaired) electrons. The van der Waals surface area contributed by atoms with Crippen molar-refractivity contribution in [3.63, 3.8) is 0 Å². The average Bonchev–Trinajstić information content (AvgIpc) is 2.46. The van der Waals surface area contributed by atoms with Crippen LogP contribution < -0.4 is 0 Å². The van der Waals surface area contributed by atoms with Crippen LogP contribution in [0.3, 0.4) is 0 Å². The van der Waals surface area contributed by atoms with Gasteiger partial charge in [0.1, 0.15) is 6.33 Å². The second-order valence-electron chi connectivity index (χ2n) is 5.43. The third kappa shape index (κ3) is 2.77. The Hall–Kier alpha value is -1.25. The summed E-state index contributed by atoms with van der Waals surface area (Å²) in [6.45, 7) is 4.49. The van der Waals surface area contributed by atoms with Crippen LogP contribution in [0.2, 0.25) is 0 Å². The van der Waals surface area contributed by atoms with E-state index in [-0.39, 0.29) is 11.7 Å². The number of carbonyl (C=O) groups excluding carboxylic acids is 1. The van der Waals surface area contributed by atoms with Gasteiger partial charge in [-0.15, -0.1) is 0 Å². The van der Waals surface area contributed by atoms with Gasteiger partial charge in [0.05, 0.1) is 5.56 Å². The molecular weight excluding hydrogens is 224 g/mol. The number of carbonyl (C=O) groups is 1. The zero-order valence-electron chi connectivity index (χ0n) is 11.3. The molecule has 3 heteroatoms. The lowest BCUT2D eigenvalue weighted by atomic mass is 9.70. The molecule has 0 bridgehead atoms. The standard InChI is InChI=1S/C15H22N2O/c1-3-11(2)13-6-4-5-7-14(13)15(18)12-8-16-10-17-9-12/h8-11,13-14H,3-7H2,1-2H3. The van der Waals surface area contributed by atoms with Crippen molar-refractivity contribution in [3.05, 3.63) is 24.3 Å². The molecular formula is C15H22N2O. The van der Waals surface area contributed by atoms with Crippen LogP contribution in [0.5, 0.6) is 0 Å². The molecule has 1 fully saturated rings. The molecule has 18 heavy (non-hydrogen) atoms. The van der Waals surface area contributed by atoms with Gasteiger partial charge < -0.3 is 0 Å². The molecule has 0 amide bonds. The maximum absolute atomic E-state index is 12.6. The molecule has 98 valence electrons. The summed E-state index contributed by atoms with van der Waals surface area (Å²) in [5, 5.41) is 0. The van der Waals surface area contributed by atoms with Gasteiger partial charge in [-0.1, -0.05) is 33.1 Å². The second-order valence-corrected chi connectivity index (χ2v) is 5.43. The zero-order chi connectivity index (χ0) is 13.0. The van der Waals surface area contributed by atoms with Gasteiger partial charge >= 0.3 is 0 Å². The molecule has 0 aliphatic heterocycles. The molecule has 1 saturated carbocycles. The zero-order valence-corrected chi connectivity index (χ0v) is 11.3. The summed E-state index contributed by atoms with van der Waals surface area (Å²) in [5.74, 6) is 1.60. The van der Waals surface area contributed by atoms with Crippen molar-refractivity contribution < 1.29 is 4.79 Å². The molecule has 3 unspecified atom stereocenters. The number of Topliss-reactive ketones (excluding diaryl/α,β-unsaturated/α-hetero) is 1. The van der Waals surface area contributed by atoms with E-state index >= 15 is 0 Å². The van der Waals surface area contributed by atoms with Gasteiger partial charge in [-0.05, 0) is 24.7 Å². The van der Waals surface area contributed by atoms with Crippen molar-refractivity contribution in [2.45, 2.75) is 46.0 Å². The summed E-state index contributed by atoms with van der Waals surface area (Å²) in [7, 11) is 0. The quantitative estimate of drug-likeness (QED) is 0.763. The lowest BCUT2D eigenvalue weighted by Crippen LogP contribution is -2.31. The Balaban J connectivity index is 2.16. The Bertz CT molecular complexity index is 391. The van der Waals surface area contributed by atoms with E-state index in [4.69, 9.17) is 0 Å². The Labute approximate surface area is 109 Å². The number of aromatic nitrogens is 2. The largest absolute Gasteiger partial charge is 0.294 e. The molecule has 0 spiro atoms. The SMILES string of the molecule is CCC(C)C1CCCCC1C(=O)c1cncnc1. The molecule has 3 atom stereocenters. The first-order valence-corrected chi connectivity index (χ1v) is 7.03. The third-order valence-corrected chi connectivity index (χ3v) is 4.38. The predicted octanol–water partition coefficient (Wildman–Crippen LogP) is 3.51. The molecule has 0 saturated heterocycles. The lowest BCUT2D eigenvalue weighted by Gasteiger charge is -2.34. The van der Waals surface area contributed by atoms with Gasteiger partial charge in [0.15, 0.2) is 5.78 Å². The van der Waals surface area contributed by atoms with E-state index in [1.807, 2.05) is 0 Å². The lowest BCUT2D eigenvalue weighted by molar-refractivity contribution is 0.0762. The first-order valence-electron chi connectivity index (χ1n) is 7.03. The minimum absolute atomic E-state index is 0.180. The van der Waals surface area contributed by atoms with Crippen molar-refractivity contribution in [1.29, 1.82) is 0 Å². The Kier molecular flexibility index (Phi) is 4.45. The van der Waals surface area contributed by atoms with Crippen molar-refractivity contribution >= 4 is 5.78 Å². The predicted molar refractivity (Wildman–Crippen MR) is 71.3 cm³/mol. The topological polar surface area (TPSA) is 42.9 Å². The van der Waals surface area contributed by atoms with Crippen molar-refractivity contribution in [1.82, 2.24) is 9.97 Å². The average molecular weight is 246 g/mol. The summed E-state index contributed by atoms with van der Waals surface area (Å²) in [5.41, 5.74) is 0.678. The second kappa shape index (κ2) is 6.07. The first-order chi connectivity index (χ1) is 8.74. The van der Waals surface area contributed by atoms with E-state index in [1.54, 1.807) is 12.4 Å². The first kappa shape index (κ1) is 13.2. The number of ketones is 1. The number of nitrogens with zero attached hydrogens (tertiary/aromatic N) is 2. The summed E-state index contributed by atoms with van der Waals surface area (Å²) >= 11 is 0. The number of hydrogen-bond donors (Lipinski definition) is 0. The smallest absolute Gasteiger partial charge is 0.169 e. The molecule has 1 aromatic heterocycles. The van der Waals surface area contributed by atoms with Crippen molar-refractivity contribution in [3.8, 4) is 0 Å². The fraction of sp³-hybridized carbons (Fsp3) is 0.667. The van der Waals surface area contributed by atoms with Gasteiger partial charge in [0, 0.05) is 18.3 Å². The van der Waals surface area contributed by atoms with E-state index in [9.17, 15) is 4.79 Å². The summed E-state index contributed by atoms with van der Waals surface area (Å²) < 4.78 is 0. The van der Waals surface area contributed by atoms with Crippen LogP contribution in [-0.4, -0.2) is 15.8 Å². The maximum atomic E-state index is 12.6. The van der Waals surface area contributed by atoms with E-state index in [1.165, 1.54) is 25.6 Å². The Morgan fingerprint density at radius 1 is 1.33 bits per heavy atom. The van der Waals surface area contributed by atoms with E-state index < -0.39 is 0 Å². The summed E-state index contributed by atoms with van der Waals surface area (Å²) in [6, 6.07) is 0. The summed E-state index contributed by atoms with van der Waals surface area (Å²) in [4.78, 5) is 20.5. The van der Waals surface area contributed by atoms with Crippen molar-refractivity contribution in [2.24, 2.45) is 17.8 Å². The van der Waals surface area contributed by atoms with Crippen LogP contribution in [0.25, 0.3) is 0 Å². The number of hydrogen-bond acceptors (Lipinski definition) is 3. The molecule has 1 heterocycles. The van der Waals surface area contributed by atoms with Gasteiger partial charge in [-0.2, -0.15) is 0 Å². The van der Waals surface area contributed by atoms with Crippen LogP contribution in [-0.2, 0) is 0 Å². The molecule has 3 nitrogen and oxygen atoms in total. The highest BCUT2D eigenvalue weighted by Crippen LogP contribution is 2.38. The molecule has 0 N–H and O–H groups in total. The summed E-state index contributed by atoms with van der Waals surface area (Å²) in [6.07, 6.45) is 10.6. The van der Waals surface area contributed by atoms with Crippen LogP contribution in [0.1, 0.15) is 56.3 Å². The molecule has 1 aromatic rings. The van der Waals surface area contributed by atoms with Gasteiger partial charge in [0.2, 0.25) is 0 Å². The molecule has 2 rings (SSSR count). The Morgan fingerprint density at radius 3 is 2.67 bits per heavy atom. The third-order valence-electron chi connectivity index (χ3n) is 4.38. The highest BCUT2D eigenvalue weighted by molar-refractivity contribution is 5.97. The molecule has 1 aliphatic carbocycles. The van der Waals surface area contributed by atoms with Crippen molar-refractivity contribution in [2.75, 3.05) is 0 Å². The minimum atomic E-state index is 0.180. The van der Waals surface area contributed by atoms with Crippen LogP contribution in [0.4, 0.5) is 0 Å². The highest BCUT2D eigenvalue weighted by Gasteiger charge is 2.34. The van der Waals surface area contributed by atoms with Gasteiger partial charge in [-0.25, -0.2) is 9.97 Å². The fourth-order valence-electron chi connectivity index (χ4n) is 3.11. The minimum Gasteiger partial charge on any atom is -0.294 e. The van der Waals surface area contributed by atoms with Crippen LogP contribution in [0, 0.1) is 17.8 Å². The molecule has 1 aliphatic rings. The fourth-order valence-corrected chi connectivity index (χ4v) is 3.11. The van der Waals surface area contributed by atoms with Gasteiger partial charge in [-0.3, -0.25) is 4.79 Å². The molecule has 0 aromatic carbocycles. The highest BCUT2D eigenvalue weighted by atomic mass is 16.1. The van der Waals surface area contributed by atoms with E-state index in [2.05, 4.69) is 23.8 Å². The van der Waals surface area contributed by atoms with E-state index in [0.717, 1.165) is 12.8 Å². The van der Waals surface area contributed by atoms with Crippen LogP contribution >= 0.6 is 0 Å². The Morgan fingerprint density at radius 2 is 2.00 bits per heavy atom. The normalized spacial score (nSPS) is 25.7. The number of rotatable bonds is 4. The van der Waals surface area contributed by atoms with Crippen LogP contribution in [0.15, 0.2) is 18.7 Å².